The van der Waals surface area contributed by atoms with Gasteiger partial charge >= 0.3 is 6.18 Å². The lowest BCUT2D eigenvalue weighted by Crippen LogP contribution is -2.14. The molecule has 1 amide bonds. The fourth-order valence-electron chi connectivity index (χ4n) is 2.21. The lowest BCUT2D eigenvalue weighted by Gasteiger charge is -2.17. The Hall–Kier alpha value is -1.41. The van der Waals surface area contributed by atoms with Crippen molar-refractivity contribution in [3.63, 3.8) is 0 Å². The van der Waals surface area contributed by atoms with Crippen molar-refractivity contribution in [2.45, 2.75) is 24.3 Å². The van der Waals surface area contributed by atoms with Crippen LogP contribution in [-0.2, 0) is 27.8 Å². The van der Waals surface area contributed by atoms with Crippen LogP contribution in [0.1, 0.15) is 29.0 Å². The summed E-state index contributed by atoms with van der Waals surface area (Å²) in [7, 11) is 0. The SMILES string of the molecule is O=C1CC(c2ccc(CS(=O)[O-])c(C(F)(F)F)c2)CN1. The van der Waals surface area contributed by atoms with Crippen LogP contribution in [0.3, 0.4) is 0 Å². The van der Waals surface area contributed by atoms with Gasteiger partial charge in [0.05, 0.1) is 5.56 Å². The molecular formula is C12H11F3NO3S-. The van der Waals surface area contributed by atoms with Crippen molar-refractivity contribution < 1.29 is 26.7 Å². The van der Waals surface area contributed by atoms with Gasteiger partial charge in [0.1, 0.15) is 0 Å². The molecule has 0 radical (unpaired) electrons. The van der Waals surface area contributed by atoms with Crippen molar-refractivity contribution >= 4 is 17.0 Å². The van der Waals surface area contributed by atoms with E-state index in [0.29, 0.717) is 12.1 Å². The van der Waals surface area contributed by atoms with E-state index in [-0.39, 0.29) is 23.8 Å². The van der Waals surface area contributed by atoms with Crippen LogP contribution >= 0.6 is 0 Å². The Morgan fingerprint density at radius 3 is 2.60 bits per heavy atom. The summed E-state index contributed by atoms with van der Waals surface area (Å²) in [5.41, 5.74) is -0.860. The Morgan fingerprint density at radius 1 is 1.40 bits per heavy atom. The van der Waals surface area contributed by atoms with Crippen LogP contribution in [-0.4, -0.2) is 21.2 Å². The van der Waals surface area contributed by atoms with E-state index in [2.05, 4.69) is 5.32 Å². The molecule has 1 aromatic carbocycles. The van der Waals surface area contributed by atoms with Crippen LogP contribution in [0.5, 0.6) is 0 Å². The zero-order valence-corrected chi connectivity index (χ0v) is 11.0. The smallest absolute Gasteiger partial charge is 0.416 e. The van der Waals surface area contributed by atoms with Crippen molar-refractivity contribution in [1.29, 1.82) is 0 Å². The Kier molecular flexibility index (Phi) is 4.14. The van der Waals surface area contributed by atoms with Crippen LogP contribution in [0.2, 0.25) is 0 Å². The summed E-state index contributed by atoms with van der Waals surface area (Å²) >= 11 is -2.59. The standard InChI is InChI=1S/C12H12F3NO3S/c13-12(14,15)10-3-7(9-4-11(17)16-5-9)1-2-8(10)6-20(18)19/h1-3,9H,4-6H2,(H,16,17)(H,18,19)/p-1. The molecule has 0 aromatic heterocycles. The molecule has 2 unspecified atom stereocenters. The van der Waals surface area contributed by atoms with Gasteiger partial charge in [0.2, 0.25) is 5.91 Å². The topological polar surface area (TPSA) is 69.2 Å². The fraction of sp³-hybridized carbons (Fsp3) is 0.417. The second-order valence-electron chi connectivity index (χ2n) is 4.57. The van der Waals surface area contributed by atoms with Crippen molar-refractivity contribution in [3.8, 4) is 0 Å². The average molecular weight is 306 g/mol. The molecule has 2 rings (SSSR count). The Balaban J connectivity index is 2.38. The lowest BCUT2D eigenvalue weighted by atomic mass is 9.94. The van der Waals surface area contributed by atoms with E-state index >= 15 is 0 Å². The maximum Gasteiger partial charge on any atom is 0.416 e. The molecule has 110 valence electrons. The summed E-state index contributed by atoms with van der Waals surface area (Å²) in [6, 6.07) is 3.55. The molecule has 2 atom stereocenters. The Bertz CT molecular complexity index is 559. The zero-order valence-electron chi connectivity index (χ0n) is 10.2. The first-order valence-electron chi connectivity index (χ1n) is 5.80. The molecule has 1 fully saturated rings. The molecule has 0 saturated carbocycles. The van der Waals surface area contributed by atoms with Gasteiger partial charge in [-0.05, 0) is 17.2 Å². The highest BCUT2D eigenvalue weighted by Crippen LogP contribution is 2.35. The van der Waals surface area contributed by atoms with Crippen LogP contribution in [0, 0.1) is 0 Å². The first-order valence-corrected chi connectivity index (χ1v) is 7.04. The normalized spacial score (nSPS) is 20.8. The van der Waals surface area contributed by atoms with Crippen molar-refractivity contribution in [2.24, 2.45) is 0 Å². The highest BCUT2D eigenvalue weighted by Gasteiger charge is 2.34. The molecule has 0 spiro atoms. The first-order chi connectivity index (χ1) is 9.27. The second-order valence-corrected chi connectivity index (χ2v) is 5.46. The molecular weight excluding hydrogens is 295 g/mol. The third kappa shape index (κ3) is 3.37. The highest BCUT2D eigenvalue weighted by atomic mass is 32.2. The van der Waals surface area contributed by atoms with E-state index in [1.54, 1.807) is 0 Å². The van der Waals surface area contributed by atoms with Gasteiger partial charge in [-0.15, -0.1) is 0 Å². The van der Waals surface area contributed by atoms with Gasteiger partial charge in [0.15, 0.2) is 0 Å². The van der Waals surface area contributed by atoms with Gasteiger partial charge in [-0.2, -0.15) is 13.2 Å². The molecule has 1 aliphatic rings. The largest absolute Gasteiger partial charge is 0.772 e. The third-order valence-corrected chi connectivity index (χ3v) is 3.71. The van der Waals surface area contributed by atoms with E-state index in [4.69, 9.17) is 0 Å². The fourth-order valence-corrected chi connectivity index (χ4v) is 2.71. The van der Waals surface area contributed by atoms with Gasteiger partial charge in [0.25, 0.3) is 0 Å². The number of carbonyl (C=O) groups excluding carboxylic acids is 1. The van der Waals surface area contributed by atoms with E-state index in [1.165, 1.54) is 6.07 Å². The number of halogens is 3. The van der Waals surface area contributed by atoms with Gasteiger partial charge in [0, 0.05) is 24.6 Å². The molecule has 0 bridgehead atoms. The molecule has 4 nitrogen and oxygen atoms in total. The maximum absolute atomic E-state index is 13.0. The van der Waals surface area contributed by atoms with Crippen LogP contribution < -0.4 is 5.32 Å². The summed E-state index contributed by atoms with van der Waals surface area (Å²) in [5.74, 6) is -1.19. The van der Waals surface area contributed by atoms with Gasteiger partial charge < -0.3 is 9.87 Å². The minimum absolute atomic E-state index is 0.143. The lowest BCUT2D eigenvalue weighted by molar-refractivity contribution is -0.138. The predicted octanol–water partition coefficient (Wildman–Crippen LogP) is 1.69. The molecule has 1 heterocycles. The molecule has 1 aliphatic heterocycles. The maximum atomic E-state index is 13.0. The van der Waals surface area contributed by atoms with Crippen molar-refractivity contribution in [3.05, 3.63) is 34.9 Å². The quantitative estimate of drug-likeness (QED) is 0.864. The minimum Gasteiger partial charge on any atom is -0.772 e. The predicted molar refractivity (Wildman–Crippen MR) is 64.4 cm³/mol. The van der Waals surface area contributed by atoms with Crippen molar-refractivity contribution in [2.75, 3.05) is 6.54 Å². The van der Waals surface area contributed by atoms with Gasteiger partial charge in [-0.3, -0.25) is 9.00 Å². The zero-order chi connectivity index (χ0) is 14.9. The van der Waals surface area contributed by atoms with E-state index in [1.807, 2.05) is 0 Å². The number of amides is 1. The number of hydrogen-bond donors (Lipinski definition) is 1. The monoisotopic (exact) mass is 306 g/mol. The average Bonchev–Trinajstić information content (AvgIpc) is 2.74. The summed E-state index contributed by atoms with van der Waals surface area (Å²) in [6.07, 6.45) is -4.48. The Labute approximate surface area is 115 Å². The first kappa shape index (κ1) is 15.0. The number of benzene rings is 1. The number of hydrogen-bond acceptors (Lipinski definition) is 3. The molecule has 0 aliphatic carbocycles. The minimum atomic E-state index is -4.62. The number of nitrogens with one attached hydrogen (secondary N) is 1. The van der Waals surface area contributed by atoms with Crippen LogP contribution in [0.15, 0.2) is 18.2 Å². The van der Waals surface area contributed by atoms with E-state index < -0.39 is 28.6 Å². The number of rotatable bonds is 3. The van der Waals surface area contributed by atoms with Crippen LogP contribution in [0.4, 0.5) is 13.2 Å². The van der Waals surface area contributed by atoms with Gasteiger partial charge in [-0.1, -0.05) is 23.2 Å². The van der Waals surface area contributed by atoms with E-state index in [0.717, 1.165) is 12.1 Å². The molecule has 1 aromatic rings. The Morgan fingerprint density at radius 2 is 2.10 bits per heavy atom. The number of carbonyl (C=O) groups is 1. The molecule has 1 saturated heterocycles. The van der Waals surface area contributed by atoms with Crippen molar-refractivity contribution in [1.82, 2.24) is 5.32 Å². The summed E-state index contributed by atoms with van der Waals surface area (Å²) < 4.78 is 60.1. The third-order valence-electron chi connectivity index (χ3n) is 3.16. The van der Waals surface area contributed by atoms with E-state index in [9.17, 15) is 26.7 Å². The number of alkyl halides is 3. The highest BCUT2D eigenvalue weighted by molar-refractivity contribution is 7.78. The molecule has 20 heavy (non-hydrogen) atoms. The summed E-state index contributed by atoms with van der Waals surface area (Å²) in [6.45, 7) is 0.295. The molecule has 1 N–H and O–H groups in total. The second kappa shape index (κ2) is 5.53. The summed E-state index contributed by atoms with van der Waals surface area (Å²) in [4.78, 5) is 11.1. The summed E-state index contributed by atoms with van der Waals surface area (Å²) in [5, 5.41) is 2.55. The van der Waals surface area contributed by atoms with Gasteiger partial charge in [-0.25, -0.2) is 0 Å². The van der Waals surface area contributed by atoms with Crippen LogP contribution in [0.25, 0.3) is 0 Å². The molecule has 8 heteroatoms.